The van der Waals surface area contributed by atoms with Crippen molar-refractivity contribution in [3.63, 3.8) is 0 Å². The van der Waals surface area contributed by atoms with Crippen molar-refractivity contribution in [3.05, 3.63) is 34.1 Å². The Morgan fingerprint density at radius 1 is 1.39 bits per heavy atom. The molecule has 0 aliphatic heterocycles. The molecule has 2 nitrogen and oxygen atoms in total. The third-order valence-corrected chi connectivity index (χ3v) is 3.76. The number of hydrogen-bond donors (Lipinski definition) is 2. The zero-order chi connectivity index (χ0) is 13.8. The fourth-order valence-electron chi connectivity index (χ4n) is 1.87. The molecule has 2 N–H and O–H groups in total. The molecule has 0 aliphatic rings. The largest absolute Gasteiger partial charge is 0.396 e. The van der Waals surface area contributed by atoms with E-state index in [9.17, 15) is 4.39 Å². The van der Waals surface area contributed by atoms with Crippen molar-refractivity contribution in [3.8, 4) is 0 Å². The SMILES string of the molecule is CC(C)(C)C(CCO)NCc1ccc(F)cc1Br. The van der Waals surface area contributed by atoms with Crippen molar-refractivity contribution < 1.29 is 9.50 Å². The predicted molar refractivity (Wildman–Crippen MR) is 75.9 cm³/mol. The lowest BCUT2D eigenvalue weighted by atomic mass is 9.85. The van der Waals surface area contributed by atoms with Crippen LogP contribution in [0.2, 0.25) is 0 Å². The summed E-state index contributed by atoms with van der Waals surface area (Å²) < 4.78 is 13.7. The lowest BCUT2D eigenvalue weighted by molar-refractivity contribution is 0.196. The number of hydrogen-bond acceptors (Lipinski definition) is 2. The topological polar surface area (TPSA) is 32.3 Å². The first-order chi connectivity index (χ1) is 8.34. The molecule has 18 heavy (non-hydrogen) atoms. The van der Waals surface area contributed by atoms with Gasteiger partial charge in [-0.3, -0.25) is 0 Å². The number of aliphatic hydroxyl groups excluding tert-OH is 1. The molecular weight excluding hydrogens is 297 g/mol. The molecule has 0 aromatic heterocycles. The summed E-state index contributed by atoms with van der Waals surface area (Å²) in [6, 6.07) is 4.92. The highest BCUT2D eigenvalue weighted by Gasteiger charge is 2.23. The molecule has 102 valence electrons. The maximum absolute atomic E-state index is 13.0. The molecule has 0 spiro atoms. The van der Waals surface area contributed by atoms with Crippen LogP contribution in [0.1, 0.15) is 32.8 Å². The van der Waals surface area contributed by atoms with Gasteiger partial charge in [-0.2, -0.15) is 0 Å². The number of benzene rings is 1. The van der Waals surface area contributed by atoms with Gasteiger partial charge >= 0.3 is 0 Å². The lowest BCUT2D eigenvalue weighted by Crippen LogP contribution is -2.40. The minimum atomic E-state index is -0.242. The second-order valence-electron chi connectivity index (χ2n) is 5.55. The molecule has 1 aromatic carbocycles. The molecule has 0 aliphatic carbocycles. The van der Waals surface area contributed by atoms with E-state index >= 15 is 0 Å². The molecular formula is C14H21BrFNO. The Labute approximate surface area is 117 Å². The number of halogens is 2. The van der Waals surface area contributed by atoms with Crippen LogP contribution in [0, 0.1) is 11.2 Å². The van der Waals surface area contributed by atoms with Crippen LogP contribution >= 0.6 is 15.9 Å². The summed E-state index contributed by atoms with van der Waals surface area (Å²) in [6.45, 7) is 7.24. The van der Waals surface area contributed by atoms with Gasteiger partial charge < -0.3 is 10.4 Å². The number of aliphatic hydroxyl groups is 1. The first-order valence-electron chi connectivity index (χ1n) is 6.12. The van der Waals surface area contributed by atoms with Crippen molar-refractivity contribution >= 4 is 15.9 Å². The quantitative estimate of drug-likeness (QED) is 0.871. The lowest BCUT2D eigenvalue weighted by Gasteiger charge is -2.31. The van der Waals surface area contributed by atoms with E-state index in [0.29, 0.717) is 13.0 Å². The summed E-state index contributed by atoms with van der Waals surface area (Å²) in [5.74, 6) is -0.242. The fourth-order valence-corrected chi connectivity index (χ4v) is 2.36. The molecule has 1 unspecified atom stereocenters. The van der Waals surface area contributed by atoms with E-state index in [0.717, 1.165) is 10.0 Å². The average molecular weight is 318 g/mol. The zero-order valence-electron chi connectivity index (χ0n) is 11.1. The van der Waals surface area contributed by atoms with Crippen LogP contribution in [0.4, 0.5) is 4.39 Å². The molecule has 0 fully saturated rings. The minimum Gasteiger partial charge on any atom is -0.396 e. The van der Waals surface area contributed by atoms with E-state index < -0.39 is 0 Å². The van der Waals surface area contributed by atoms with Crippen molar-refractivity contribution in [2.45, 2.75) is 39.8 Å². The van der Waals surface area contributed by atoms with E-state index in [1.807, 2.05) is 0 Å². The van der Waals surface area contributed by atoms with E-state index in [-0.39, 0.29) is 23.9 Å². The molecule has 0 amide bonds. The summed E-state index contributed by atoms with van der Waals surface area (Å²) >= 11 is 3.36. The molecule has 1 atom stereocenters. The zero-order valence-corrected chi connectivity index (χ0v) is 12.7. The van der Waals surface area contributed by atoms with Crippen molar-refractivity contribution in [1.29, 1.82) is 0 Å². The number of rotatable bonds is 5. The molecule has 1 rings (SSSR count). The predicted octanol–water partition coefficient (Wildman–Crippen LogP) is 3.47. The van der Waals surface area contributed by atoms with Crippen LogP contribution < -0.4 is 5.32 Å². The smallest absolute Gasteiger partial charge is 0.124 e. The minimum absolute atomic E-state index is 0.0786. The van der Waals surface area contributed by atoms with E-state index in [2.05, 4.69) is 42.0 Å². The highest BCUT2D eigenvalue weighted by atomic mass is 79.9. The van der Waals surface area contributed by atoms with Gasteiger partial charge in [0.15, 0.2) is 0 Å². The van der Waals surface area contributed by atoms with Gasteiger partial charge in [-0.25, -0.2) is 4.39 Å². The molecule has 0 radical (unpaired) electrons. The third-order valence-electron chi connectivity index (χ3n) is 3.02. The summed E-state index contributed by atoms with van der Waals surface area (Å²) in [4.78, 5) is 0. The monoisotopic (exact) mass is 317 g/mol. The van der Waals surface area contributed by atoms with Gasteiger partial charge in [-0.15, -0.1) is 0 Å². The third kappa shape index (κ3) is 4.67. The Morgan fingerprint density at radius 3 is 2.56 bits per heavy atom. The van der Waals surface area contributed by atoms with E-state index in [1.54, 1.807) is 6.07 Å². The van der Waals surface area contributed by atoms with Crippen LogP contribution in [0.25, 0.3) is 0 Å². The van der Waals surface area contributed by atoms with Gasteiger partial charge in [-0.1, -0.05) is 42.8 Å². The van der Waals surface area contributed by atoms with Crippen molar-refractivity contribution in [2.75, 3.05) is 6.61 Å². The summed E-state index contributed by atoms with van der Waals surface area (Å²) in [7, 11) is 0. The second kappa shape index (κ2) is 6.64. The summed E-state index contributed by atoms with van der Waals surface area (Å²) in [5, 5.41) is 12.5. The Balaban J connectivity index is 2.67. The van der Waals surface area contributed by atoms with Crippen LogP contribution in [0.3, 0.4) is 0 Å². The standard InChI is InChI=1S/C14H21BrFNO/c1-14(2,3)13(6-7-18)17-9-10-4-5-11(16)8-12(10)15/h4-5,8,13,17-18H,6-7,9H2,1-3H3. The Morgan fingerprint density at radius 2 is 2.06 bits per heavy atom. The normalized spacial score (nSPS) is 13.7. The average Bonchev–Trinajstić information content (AvgIpc) is 2.24. The molecule has 0 saturated carbocycles. The Bertz CT molecular complexity index is 390. The summed E-state index contributed by atoms with van der Waals surface area (Å²) in [6.07, 6.45) is 0.711. The van der Waals surface area contributed by atoms with Gasteiger partial charge in [0.2, 0.25) is 0 Å². The first kappa shape index (κ1) is 15.6. The molecule has 1 aromatic rings. The van der Waals surface area contributed by atoms with Gasteiger partial charge in [-0.05, 0) is 29.5 Å². The van der Waals surface area contributed by atoms with Crippen molar-refractivity contribution in [2.24, 2.45) is 5.41 Å². The summed E-state index contributed by atoms with van der Waals surface area (Å²) in [5.41, 5.74) is 1.10. The van der Waals surface area contributed by atoms with Crippen molar-refractivity contribution in [1.82, 2.24) is 5.32 Å². The molecule has 0 saturated heterocycles. The number of nitrogens with one attached hydrogen (secondary N) is 1. The second-order valence-corrected chi connectivity index (χ2v) is 6.40. The molecule has 4 heteroatoms. The Hall–Kier alpha value is -0.450. The highest BCUT2D eigenvalue weighted by Crippen LogP contribution is 2.23. The highest BCUT2D eigenvalue weighted by molar-refractivity contribution is 9.10. The van der Waals surface area contributed by atoms with Crippen LogP contribution in [-0.2, 0) is 6.54 Å². The van der Waals surface area contributed by atoms with Gasteiger partial charge in [0, 0.05) is 23.7 Å². The van der Waals surface area contributed by atoms with Gasteiger partial charge in [0.05, 0.1) is 0 Å². The molecule has 0 heterocycles. The van der Waals surface area contributed by atoms with Crippen LogP contribution in [0.15, 0.2) is 22.7 Å². The molecule has 0 bridgehead atoms. The van der Waals surface area contributed by atoms with E-state index in [4.69, 9.17) is 5.11 Å². The van der Waals surface area contributed by atoms with Crippen LogP contribution in [-0.4, -0.2) is 17.8 Å². The maximum atomic E-state index is 13.0. The first-order valence-corrected chi connectivity index (χ1v) is 6.92. The Kier molecular flexibility index (Phi) is 5.76. The fraction of sp³-hybridized carbons (Fsp3) is 0.571. The van der Waals surface area contributed by atoms with E-state index in [1.165, 1.54) is 12.1 Å². The van der Waals surface area contributed by atoms with Crippen LogP contribution in [0.5, 0.6) is 0 Å². The van der Waals surface area contributed by atoms with Gasteiger partial charge in [0.1, 0.15) is 5.82 Å². The maximum Gasteiger partial charge on any atom is 0.124 e. The van der Waals surface area contributed by atoms with Gasteiger partial charge in [0.25, 0.3) is 0 Å².